The zero-order valence-corrected chi connectivity index (χ0v) is 11.9. The van der Waals surface area contributed by atoms with Crippen molar-refractivity contribution >= 4 is 11.3 Å². The van der Waals surface area contributed by atoms with Crippen molar-refractivity contribution in [2.24, 2.45) is 7.05 Å². The number of hydrogen-bond donors (Lipinski definition) is 1. The lowest BCUT2D eigenvalue weighted by Gasteiger charge is -2.15. The molecule has 1 N–H and O–H groups in total. The predicted molar refractivity (Wildman–Crippen MR) is 72.6 cm³/mol. The minimum Gasteiger partial charge on any atom is -0.334 e. The third kappa shape index (κ3) is 2.15. The van der Waals surface area contributed by atoms with Crippen molar-refractivity contribution in [1.82, 2.24) is 14.9 Å². The lowest BCUT2D eigenvalue weighted by Crippen LogP contribution is -2.19. The molecule has 0 amide bonds. The molecule has 1 atom stereocenters. The lowest BCUT2D eigenvalue weighted by atomic mass is 10.1. The molecule has 2 rings (SSSR count). The summed E-state index contributed by atoms with van der Waals surface area (Å²) in [4.78, 5) is 7.11. The first-order chi connectivity index (χ1) is 8.04. The highest BCUT2D eigenvalue weighted by molar-refractivity contribution is 7.12. The van der Waals surface area contributed by atoms with Crippen LogP contribution in [0.25, 0.3) is 0 Å². The van der Waals surface area contributed by atoms with Crippen molar-refractivity contribution in [3.63, 3.8) is 0 Å². The molecule has 0 aliphatic rings. The second-order valence-electron chi connectivity index (χ2n) is 4.40. The molecule has 0 aromatic carbocycles. The second kappa shape index (κ2) is 4.63. The predicted octanol–water partition coefficient (Wildman–Crippen LogP) is 2.72. The molecule has 2 aromatic heterocycles. The van der Waals surface area contributed by atoms with Gasteiger partial charge in [-0.25, -0.2) is 4.98 Å². The van der Waals surface area contributed by atoms with E-state index in [0.717, 1.165) is 5.82 Å². The number of imidazole rings is 1. The Labute approximate surface area is 107 Å². The van der Waals surface area contributed by atoms with Crippen molar-refractivity contribution < 1.29 is 0 Å². The minimum absolute atomic E-state index is 0.235. The van der Waals surface area contributed by atoms with Crippen molar-refractivity contribution in [3.05, 3.63) is 39.1 Å². The Morgan fingerprint density at radius 1 is 1.35 bits per heavy atom. The summed E-state index contributed by atoms with van der Waals surface area (Å²) in [6.07, 6.45) is 1.96. The van der Waals surface area contributed by atoms with Gasteiger partial charge in [-0.05, 0) is 39.4 Å². The molecule has 0 radical (unpaired) electrons. The number of nitrogens with one attached hydrogen (secondary N) is 1. The summed E-state index contributed by atoms with van der Waals surface area (Å²) >= 11 is 1.86. The van der Waals surface area contributed by atoms with E-state index in [1.54, 1.807) is 0 Å². The van der Waals surface area contributed by atoms with E-state index in [0.29, 0.717) is 0 Å². The number of rotatable bonds is 3. The molecule has 0 spiro atoms. The highest BCUT2D eigenvalue weighted by Gasteiger charge is 2.18. The molecule has 92 valence electrons. The van der Waals surface area contributed by atoms with E-state index in [2.05, 4.69) is 41.8 Å². The van der Waals surface area contributed by atoms with Gasteiger partial charge < -0.3 is 9.88 Å². The maximum absolute atomic E-state index is 4.37. The van der Waals surface area contributed by atoms with E-state index in [1.165, 1.54) is 21.0 Å². The summed E-state index contributed by atoms with van der Waals surface area (Å²) in [5.74, 6) is 1.05. The third-order valence-corrected chi connectivity index (χ3v) is 4.53. The van der Waals surface area contributed by atoms with E-state index in [4.69, 9.17) is 0 Å². The van der Waals surface area contributed by atoms with Crippen LogP contribution in [-0.4, -0.2) is 16.6 Å². The fourth-order valence-corrected chi connectivity index (χ4v) is 3.13. The largest absolute Gasteiger partial charge is 0.334 e. The number of aryl methyl sites for hydroxylation is 3. The first-order valence-corrected chi connectivity index (χ1v) is 6.58. The Morgan fingerprint density at radius 3 is 2.47 bits per heavy atom. The van der Waals surface area contributed by atoms with Crippen molar-refractivity contribution in [3.8, 4) is 0 Å². The number of aromatic nitrogens is 2. The number of nitrogens with zero attached hydrogens (tertiary/aromatic N) is 2. The molecule has 4 heteroatoms. The summed E-state index contributed by atoms with van der Waals surface area (Å²) < 4.78 is 2.14. The van der Waals surface area contributed by atoms with Crippen LogP contribution in [0.2, 0.25) is 0 Å². The quantitative estimate of drug-likeness (QED) is 0.906. The van der Waals surface area contributed by atoms with Crippen LogP contribution >= 0.6 is 11.3 Å². The van der Waals surface area contributed by atoms with Gasteiger partial charge >= 0.3 is 0 Å². The van der Waals surface area contributed by atoms with Gasteiger partial charge in [0.1, 0.15) is 5.82 Å². The van der Waals surface area contributed by atoms with Gasteiger partial charge in [-0.2, -0.15) is 0 Å². The first kappa shape index (κ1) is 12.3. The normalized spacial score (nSPS) is 13.0. The molecule has 2 aromatic rings. The minimum atomic E-state index is 0.235. The Kier molecular flexibility index (Phi) is 3.35. The van der Waals surface area contributed by atoms with E-state index in [9.17, 15) is 0 Å². The molecular formula is C13H19N3S. The monoisotopic (exact) mass is 249 g/mol. The maximum Gasteiger partial charge on any atom is 0.105 e. The van der Waals surface area contributed by atoms with Crippen LogP contribution < -0.4 is 5.32 Å². The van der Waals surface area contributed by atoms with Gasteiger partial charge in [0, 0.05) is 16.8 Å². The van der Waals surface area contributed by atoms with Gasteiger partial charge in [0.05, 0.1) is 17.9 Å². The molecule has 3 nitrogen and oxygen atoms in total. The highest BCUT2D eigenvalue weighted by Crippen LogP contribution is 2.30. The lowest BCUT2D eigenvalue weighted by molar-refractivity contribution is 0.641. The van der Waals surface area contributed by atoms with Gasteiger partial charge in [0.15, 0.2) is 0 Å². The fourth-order valence-electron chi connectivity index (χ4n) is 1.97. The third-order valence-electron chi connectivity index (χ3n) is 3.31. The number of hydrogen-bond acceptors (Lipinski definition) is 3. The number of thiophene rings is 1. The summed E-state index contributed by atoms with van der Waals surface area (Å²) in [6, 6.07) is 2.50. The van der Waals surface area contributed by atoms with E-state index < -0.39 is 0 Å². The van der Waals surface area contributed by atoms with E-state index in [1.807, 2.05) is 31.5 Å². The van der Waals surface area contributed by atoms with Gasteiger partial charge in [0.25, 0.3) is 0 Å². The van der Waals surface area contributed by atoms with Crippen molar-refractivity contribution in [1.29, 1.82) is 0 Å². The van der Waals surface area contributed by atoms with Crippen LogP contribution in [-0.2, 0) is 7.05 Å². The summed E-state index contributed by atoms with van der Waals surface area (Å²) in [5.41, 5.74) is 2.58. The van der Waals surface area contributed by atoms with Crippen LogP contribution in [0.15, 0.2) is 12.3 Å². The molecule has 0 aliphatic heterocycles. The molecule has 0 aliphatic carbocycles. The summed E-state index contributed by atoms with van der Waals surface area (Å²) in [7, 11) is 4.06. The standard InChI is InChI=1S/C13H19N3S/c1-8-6-12(17-9(8)2)13(14-4)11-7-15-10(3)16(11)5/h6-7,13-14H,1-5H3. The molecule has 0 bridgehead atoms. The Hall–Kier alpha value is -1.13. The highest BCUT2D eigenvalue weighted by atomic mass is 32.1. The fraction of sp³-hybridized carbons (Fsp3) is 0.462. The zero-order chi connectivity index (χ0) is 12.6. The average molecular weight is 249 g/mol. The zero-order valence-electron chi connectivity index (χ0n) is 11.0. The maximum atomic E-state index is 4.37. The van der Waals surface area contributed by atoms with Crippen LogP contribution in [0.4, 0.5) is 0 Å². The van der Waals surface area contributed by atoms with Gasteiger partial charge in [0.2, 0.25) is 0 Å². The van der Waals surface area contributed by atoms with Crippen LogP contribution in [0.1, 0.15) is 32.9 Å². The van der Waals surface area contributed by atoms with Gasteiger partial charge in [-0.3, -0.25) is 0 Å². The smallest absolute Gasteiger partial charge is 0.105 e. The van der Waals surface area contributed by atoms with E-state index >= 15 is 0 Å². The SMILES string of the molecule is CNC(c1cc(C)c(C)s1)c1cnc(C)n1C. The Morgan fingerprint density at radius 2 is 2.06 bits per heavy atom. The molecule has 1 unspecified atom stereocenters. The van der Waals surface area contributed by atoms with Crippen LogP contribution in [0.3, 0.4) is 0 Å². The molecule has 0 saturated carbocycles. The van der Waals surface area contributed by atoms with E-state index in [-0.39, 0.29) is 6.04 Å². The van der Waals surface area contributed by atoms with Gasteiger partial charge in [-0.15, -0.1) is 11.3 Å². The van der Waals surface area contributed by atoms with Crippen LogP contribution in [0.5, 0.6) is 0 Å². The first-order valence-electron chi connectivity index (χ1n) is 5.77. The van der Waals surface area contributed by atoms with Crippen molar-refractivity contribution in [2.45, 2.75) is 26.8 Å². The Balaban J connectivity index is 2.43. The molecule has 0 saturated heterocycles. The Bertz CT molecular complexity index is 505. The van der Waals surface area contributed by atoms with Gasteiger partial charge in [-0.1, -0.05) is 0 Å². The topological polar surface area (TPSA) is 29.9 Å². The summed E-state index contributed by atoms with van der Waals surface area (Å²) in [6.45, 7) is 6.36. The summed E-state index contributed by atoms with van der Waals surface area (Å²) in [5, 5.41) is 3.38. The molecule has 2 heterocycles. The second-order valence-corrected chi connectivity index (χ2v) is 5.69. The molecule has 0 fully saturated rings. The van der Waals surface area contributed by atoms with Crippen LogP contribution in [0, 0.1) is 20.8 Å². The van der Waals surface area contributed by atoms with Crippen molar-refractivity contribution in [2.75, 3.05) is 7.05 Å². The molecular weight excluding hydrogens is 230 g/mol. The molecule has 17 heavy (non-hydrogen) atoms. The average Bonchev–Trinajstić information content (AvgIpc) is 2.78.